The number of ether oxygens (including phenoxy) is 1. The van der Waals surface area contributed by atoms with Crippen molar-refractivity contribution in [1.29, 1.82) is 0 Å². The molecule has 2 rings (SSSR count). The molecule has 0 aliphatic heterocycles. The van der Waals surface area contributed by atoms with Crippen LogP contribution in [0.1, 0.15) is 57.6 Å². The van der Waals surface area contributed by atoms with Crippen molar-refractivity contribution < 1.29 is 14.3 Å². The highest BCUT2D eigenvalue weighted by molar-refractivity contribution is 5.99. The summed E-state index contributed by atoms with van der Waals surface area (Å²) in [5.41, 5.74) is 3.85. The molecule has 6 nitrogen and oxygen atoms in total. The third-order valence-corrected chi connectivity index (χ3v) is 4.07. The predicted molar refractivity (Wildman–Crippen MR) is 97.1 cm³/mol. The molecule has 0 spiro atoms. The zero-order valence-electron chi connectivity index (χ0n) is 15.3. The number of nitrogens with one attached hydrogen (secondary N) is 3. The summed E-state index contributed by atoms with van der Waals surface area (Å²) in [5.74, 6) is -0.253. The van der Waals surface area contributed by atoms with E-state index in [-0.39, 0.29) is 23.6 Å². The van der Waals surface area contributed by atoms with Gasteiger partial charge in [0.15, 0.2) is 5.75 Å². The summed E-state index contributed by atoms with van der Waals surface area (Å²) in [7, 11) is 1.54. The molecule has 0 bridgehead atoms. The molecule has 0 fully saturated rings. The number of carbonyl (C=O) groups excluding carboxylic acids is 2. The van der Waals surface area contributed by atoms with Crippen LogP contribution in [-0.2, 0) is 0 Å². The Kier molecular flexibility index (Phi) is 5.85. The summed E-state index contributed by atoms with van der Waals surface area (Å²) >= 11 is 0. The molecule has 1 aromatic carbocycles. The minimum atomic E-state index is -0.334. The fourth-order valence-corrected chi connectivity index (χ4v) is 2.92. The van der Waals surface area contributed by atoms with Gasteiger partial charge in [0.25, 0.3) is 11.8 Å². The van der Waals surface area contributed by atoms with Crippen molar-refractivity contribution in [3.63, 3.8) is 0 Å². The molecule has 0 aliphatic carbocycles. The van der Waals surface area contributed by atoms with Gasteiger partial charge < -0.3 is 20.4 Å². The number of hydrogen-bond donors (Lipinski definition) is 3. The van der Waals surface area contributed by atoms with Gasteiger partial charge in [-0.25, -0.2) is 0 Å². The van der Waals surface area contributed by atoms with Gasteiger partial charge in [-0.1, -0.05) is 18.2 Å². The molecule has 2 aromatic rings. The van der Waals surface area contributed by atoms with Crippen molar-refractivity contribution in [2.45, 2.75) is 33.8 Å². The van der Waals surface area contributed by atoms with Crippen LogP contribution in [0, 0.1) is 13.8 Å². The van der Waals surface area contributed by atoms with Crippen LogP contribution < -0.4 is 15.4 Å². The molecule has 1 aromatic heterocycles. The lowest BCUT2D eigenvalue weighted by atomic mass is 9.99. The van der Waals surface area contributed by atoms with Crippen LogP contribution in [-0.4, -0.2) is 30.4 Å². The van der Waals surface area contributed by atoms with Gasteiger partial charge in [-0.05, 0) is 44.4 Å². The lowest BCUT2D eigenvalue weighted by Crippen LogP contribution is -2.23. The summed E-state index contributed by atoms with van der Waals surface area (Å²) < 4.78 is 6.05. The molecule has 134 valence electrons. The lowest BCUT2D eigenvalue weighted by Gasteiger charge is -2.19. The molecule has 1 heterocycles. The number of hydrogen-bond acceptors (Lipinski definition) is 3. The first-order chi connectivity index (χ1) is 11.9. The van der Waals surface area contributed by atoms with Gasteiger partial charge in [0.1, 0.15) is 17.5 Å². The van der Waals surface area contributed by atoms with E-state index < -0.39 is 0 Å². The van der Waals surface area contributed by atoms with Gasteiger partial charge in [-0.2, -0.15) is 0 Å². The maximum Gasteiger partial charge on any atom is 0.271 e. The van der Waals surface area contributed by atoms with Crippen LogP contribution in [0.25, 0.3) is 0 Å². The fourth-order valence-electron chi connectivity index (χ4n) is 2.92. The van der Waals surface area contributed by atoms with Crippen LogP contribution >= 0.6 is 0 Å². The largest absolute Gasteiger partial charge is 0.484 e. The topological polar surface area (TPSA) is 83.2 Å². The summed E-state index contributed by atoms with van der Waals surface area (Å²) in [6, 6.07) is 7.62. The lowest BCUT2D eigenvalue weighted by molar-refractivity contribution is 0.0951. The summed E-state index contributed by atoms with van der Waals surface area (Å²) in [6.07, 6.45) is -0.262. The second-order valence-electron chi connectivity index (χ2n) is 5.93. The molecular formula is C19H25N3O3. The Balaban J connectivity index is 2.37. The molecule has 0 radical (unpaired) electrons. The number of aromatic nitrogens is 1. The van der Waals surface area contributed by atoms with E-state index in [1.165, 1.54) is 7.05 Å². The van der Waals surface area contributed by atoms with Crippen molar-refractivity contribution >= 4 is 11.8 Å². The van der Waals surface area contributed by atoms with E-state index in [0.29, 0.717) is 18.0 Å². The van der Waals surface area contributed by atoms with Gasteiger partial charge in [-0.15, -0.1) is 0 Å². The Morgan fingerprint density at radius 3 is 2.40 bits per heavy atom. The van der Waals surface area contributed by atoms with Crippen molar-refractivity contribution in [2.75, 3.05) is 13.6 Å². The second-order valence-corrected chi connectivity index (χ2v) is 5.93. The first-order valence-electron chi connectivity index (χ1n) is 8.35. The second kappa shape index (κ2) is 7.88. The Labute approximate surface area is 148 Å². The minimum Gasteiger partial charge on any atom is -0.484 e. The van der Waals surface area contributed by atoms with Crippen LogP contribution in [0.3, 0.4) is 0 Å². The van der Waals surface area contributed by atoms with Crippen molar-refractivity contribution in [1.82, 2.24) is 15.6 Å². The van der Waals surface area contributed by atoms with Crippen LogP contribution in [0.15, 0.2) is 24.3 Å². The number of aryl methyl sites for hydroxylation is 2. The number of carbonyl (C=O) groups is 2. The summed E-state index contributed by atoms with van der Waals surface area (Å²) in [6.45, 7) is 8.32. The number of amides is 2. The van der Waals surface area contributed by atoms with Gasteiger partial charge in [0.05, 0.1) is 0 Å². The SMILES string of the molecule is CCNC(=O)c1cc(OC(C)c2c(C)cccc2C)c(C(=O)NC)[nH]1. The highest BCUT2D eigenvalue weighted by Gasteiger charge is 2.22. The molecule has 0 aliphatic rings. The number of benzene rings is 1. The Hall–Kier alpha value is -2.76. The van der Waals surface area contributed by atoms with Gasteiger partial charge in [0, 0.05) is 19.7 Å². The fraction of sp³-hybridized carbons (Fsp3) is 0.368. The standard InChI is InChI=1S/C19H25N3O3/c1-6-21-18(23)14-10-15(17(22-14)19(24)20-5)25-13(4)16-11(2)8-7-9-12(16)3/h7-10,13,22H,6H2,1-5H3,(H,20,24)(H,21,23). The average molecular weight is 343 g/mol. The smallest absolute Gasteiger partial charge is 0.271 e. The Morgan fingerprint density at radius 1 is 1.20 bits per heavy atom. The molecule has 6 heteroatoms. The third-order valence-electron chi connectivity index (χ3n) is 4.07. The van der Waals surface area contributed by atoms with Gasteiger partial charge in [-0.3, -0.25) is 9.59 Å². The molecule has 1 atom stereocenters. The van der Waals surface area contributed by atoms with Crippen LogP contribution in [0.2, 0.25) is 0 Å². The van der Waals surface area contributed by atoms with Crippen molar-refractivity contribution in [3.05, 3.63) is 52.3 Å². The maximum absolute atomic E-state index is 12.1. The van der Waals surface area contributed by atoms with Crippen molar-refractivity contribution in [2.24, 2.45) is 0 Å². The van der Waals surface area contributed by atoms with Crippen molar-refractivity contribution in [3.8, 4) is 5.75 Å². The maximum atomic E-state index is 12.1. The minimum absolute atomic E-state index is 0.238. The summed E-state index contributed by atoms with van der Waals surface area (Å²) in [5, 5.41) is 5.26. The first-order valence-corrected chi connectivity index (χ1v) is 8.35. The number of aromatic amines is 1. The van der Waals surface area contributed by atoms with Crippen LogP contribution in [0.5, 0.6) is 5.75 Å². The molecule has 0 saturated heterocycles. The van der Waals surface area contributed by atoms with Crippen LogP contribution in [0.4, 0.5) is 0 Å². The van der Waals surface area contributed by atoms with E-state index in [0.717, 1.165) is 16.7 Å². The predicted octanol–water partition coefficient (Wildman–Crippen LogP) is 2.88. The van der Waals surface area contributed by atoms with E-state index in [1.807, 2.05) is 45.9 Å². The molecule has 3 N–H and O–H groups in total. The number of rotatable bonds is 6. The Bertz CT molecular complexity index is 760. The third kappa shape index (κ3) is 4.02. The average Bonchev–Trinajstić information content (AvgIpc) is 2.98. The summed E-state index contributed by atoms with van der Waals surface area (Å²) in [4.78, 5) is 27.0. The molecule has 25 heavy (non-hydrogen) atoms. The first kappa shape index (κ1) is 18.6. The molecular weight excluding hydrogens is 318 g/mol. The molecule has 2 amide bonds. The normalized spacial score (nSPS) is 11.7. The Morgan fingerprint density at radius 2 is 1.84 bits per heavy atom. The van der Waals surface area contributed by atoms with E-state index in [2.05, 4.69) is 15.6 Å². The van der Waals surface area contributed by atoms with Gasteiger partial charge in [0.2, 0.25) is 0 Å². The zero-order valence-corrected chi connectivity index (χ0v) is 15.3. The van der Waals surface area contributed by atoms with E-state index in [9.17, 15) is 9.59 Å². The zero-order chi connectivity index (χ0) is 18.6. The molecule has 0 saturated carbocycles. The van der Waals surface area contributed by atoms with E-state index in [1.54, 1.807) is 6.07 Å². The monoisotopic (exact) mass is 343 g/mol. The number of H-pyrrole nitrogens is 1. The van der Waals surface area contributed by atoms with Gasteiger partial charge >= 0.3 is 0 Å². The van der Waals surface area contributed by atoms with E-state index >= 15 is 0 Å². The highest BCUT2D eigenvalue weighted by atomic mass is 16.5. The van der Waals surface area contributed by atoms with E-state index in [4.69, 9.17) is 4.74 Å². The quantitative estimate of drug-likeness (QED) is 0.754. The molecule has 1 unspecified atom stereocenters. The highest BCUT2D eigenvalue weighted by Crippen LogP contribution is 2.29.